The number of methoxy groups -OCH3 is 1. The molecule has 0 atom stereocenters. The van der Waals surface area contributed by atoms with Gasteiger partial charge in [-0.3, -0.25) is 4.79 Å². The van der Waals surface area contributed by atoms with Crippen molar-refractivity contribution in [3.8, 4) is 5.75 Å². The standard InChI is InChI=1S/C15H16N2O5/c1-8-12(9(2)22-17-8)7-14(18)16-10-4-5-11(15(19)20)13(6-10)21-3/h4-6H,7H2,1-3H3,(H,16,18)(H,19,20). The zero-order valence-corrected chi connectivity index (χ0v) is 12.5. The largest absolute Gasteiger partial charge is 0.496 e. The highest BCUT2D eigenvalue weighted by atomic mass is 16.5. The number of aromatic nitrogens is 1. The third kappa shape index (κ3) is 3.25. The van der Waals surface area contributed by atoms with E-state index in [1.807, 2.05) is 0 Å². The van der Waals surface area contributed by atoms with Crippen molar-refractivity contribution in [1.29, 1.82) is 0 Å². The number of rotatable bonds is 5. The quantitative estimate of drug-likeness (QED) is 0.878. The predicted molar refractivity (Wildman–Crippen MR) is 78.3 cm³/mol. The molecule has 2 rings (SSSR count). The highest BCUT2D eigenvalue weighted by Crippen LogP contribution is 2.23. The first-order valence-corrected chi connectivity index (χ1v) is 6.55. The summed E-state index contributed by atoms with van der Waals surface area (Å²) in [6.07, 6.45) is 0.129. The molecule has 22 heavy (non-hydrogen) atoms. The average molecular weight is 304 g/mol. The zero-order chi connectivity index (χ0) is 16.3. The van der Waals surface area contributed by atoms with E-state index in [2.05, 4.69) is 10.5 Å². The van der Waals surface area contributed by atoms with Crippen LogP contribution in [-0.2, 0) is 11.2 Å². The van der Waals surface area contributed by atoms with E-state index in [0.29, 0.717) is 17.1 Å². The summed E-state index contributed by atoms with van der Waals surface area (Å²) in [4.78, 5) is 23.1. The summed E-state index contributed by atoms with van der Waals surface area (Å²) < 4.78 is 10.0. The Hall–Kier alpha value is -2.83. The monoisotopic (exact) mass is 304 g/mol. The minimum Gasteiger partial charge on any atom is -0.496 e. The first-order valence-electron chi connectivity index (χ1n) is 6.55. The van der Waals surface area contributed by atoms with Crippen molar-refractivity contribution in [2.75, 3.05) is 12.4 Å². The van der Waals surface area contributed by atoms with E-state index in [1.54, 1.807) is 13.8 Å². The van der Waals surface area contributed by atoms with Crippen LogP contribution in [0, 0.1) is 13.8 Å². The summed E-state index contributed by atoms with van der Waals surface area (Å²) in [5, 5.41) is 15.5. The summed E-state index contributed by atoms with van der Waals surface area (Å²) in [6.45, 7) is 3.51. The van der Waals surface area contributed by atoms with Gasteiger partial charge < -0.3 is 19.7 Å². The third-order valence-corrected chi connectivity index (χ3v) is 3.23. The van der Waals surface area contributed by atoms with Crippen molar-refractivity contribution in [3.05, 3.63) is 40.8 Å². The van der Waals surface area contributed by atoms with Gasteiger partial charge in [0.15, 0.2) is 0 Å². The first kappa shape index (κ1) is 15.6. The fourth-order valence-corrected chi connectivity index (χ4v) is 2.07. The van der Waals surface area contributed by atoms with Crippen molar-refractivity contribution in [2.24, 2.45) is 0 Å². The van der Waals surface area contributed by atoms with Gasteiger partial charge in [-0.1, -0.05) is 5.16 Å². The second-order valence-corrected chi connectivity index (χ2v) is 4.75. The predicted octanol–water partition coefficient (Wildman–Crippen LogP) is 2.18. The molecule has 1 aromatic carbocycles. The number of carbonyl (C=O) groups is 2. The Labute approximate surface area is 126 Å². The molecule has 0 bridgehead atoms. The lowest BCUT2D eigenvalue weighted by Gasteiger charge is -2.09. The molecule has 2 aromatic rings. The van der Waals surface area contributed by atoms with Crippen molar-refractivity contribution < 1.29 is 24.0 Å². The number of carbonyl (C=O) groups excluding carboxylic acids is 1. The van der Waals surface area contributed by atoms with E-state index in [9.17, 15) is 9.59 Å². The Kier molecular flexibility index (Phi) is 4.45. The molecule has 0 aliphatic rings. The number of amides is 1. The molecule has 116 valence electrons. The third-order valence-electron chi connectivity index (χ3n) is 3.23. The molecule has 0 unspecified atom stereocenters. The van der Waals surface area contributed by atoms with Crippen LogP contribution in [0.5, 0.6) is 5.75 Å². The van der Waals surface area contributed by atoms with Crippen LogP contribution in [-0.4, -0.2) is 29.2 Å². The van der Waals surface area contributed by atoms with Crippen molar-refractivity contribution in [3.63, 3.8) is 0 Å². The minimum atomic E-state index is -1.09. The van der Waals surface area contributed by atoms with E-state index in [0.717, 1.165) is 5.56 Å². The normalized spacial score (nSPS) is 10.3. The van der Waals surface area contributed by atoms with E-state index in [-0.39, 0.29) is 23.6 Å². The molecule has 1 aromatic heterocycles. The lowest BCUT2D eigenvalue weighted by atomic mass is 10.1. The number of anilines is 1. The fourth-order valence-electron chi connectivity index (χ4n) is 2.07. The van der Waals surface area contributed by atoms with Crippen LogP contribution in [0.3, 0.4) is 0 Å². The molecule has 7 nitrogen and oxygen atoms in total. The number of benzene rings is 1. The molecule has 1 heterocycles. The van der Waals surface area contributed by atoms with Crippen molar-refractivity contribution in [1.82, 2.24) is 5.16 Å². The SMILES string of the molecule is COc1cc(NC(=O)Cc2c(C)noc2C)ccc1C(=O)O. The Morgan fingerprint density at radius 2 is 2.09 bits per heavy atom. The number of hydrogen-bond acceptors (Lipinski definition) is 5. The Balaban J connectivity index is 2.13. The maximum Gasteiger partial charge on any atom is 0.339 e. The highest BCUT2D eigenvalue weighted by molar-refractivity contribution is 5.95. The van der Waals surface area contributed by atoms with Gasteiger partial charge in [-0.25, -0.2) is 4.79 Å². The highest BCUT2D eigenvalue weighted by Gasteiger charge is 2.15. The summed E-state index contributed by atoms with van der Waals surface area (Å²) in [7, 11) is 1.37. The molecule has 0 radical (unpaired) electrons. The van der Waals surface area contributed by atoms with Gasteiger partial charge in [0.1, 0.15) is 17.1 Å². The summed E-state index contributed by atoms with van der Waals surface area (Å²) in [6, 6.07) is 4.36. The number of aromatic carboxylic acids is 1. The van der Waals surface area contributed by atoms with Crippen LogP contribution in [0.1, 0.15) is 27.4 Å². The molecule has 0 aliphatic heterocycles. The molecule has 0 aliphatic carbocycles. The maximum atomic E-state index is 12.1. The van der Waals surface area contributed by atoms with E-state index in [4.69, 9.17) is 14.4 Å². The van der Waals surface area contributed by atoms with Gasteiger partial charge in [0, 0.05) is 17.3 Å². The van der Waals surface area contributed by atoms with Crippen LogP contribution in [0.25, 0.3) is 0 Å². The molecule has 0 spiro atoms. The van der Waals surface area contributed by atoms with Crippen LogP contribution in [0.4, 0.5) is 5.69 Å². The molecular formula is C15H16N2O5. The van der Waals surface area contributed by atoms with Gasteiger partial charge >= 0.3 is 5.97 Å². The van der Waals surface area contributed by atoms with E-state index >= 15 is 0 Å². The average Bonchev–Trinajstić information content (AvgIpc) is 2.78. The van der Waals surface area contributed by atoms with Gasteiger partial charge in [-0.15, -0.1) is 0 Å². The van der Waals surface area contributed by atoms with Gasteiger partial charge in [0.05, 0.1) is 19.2 Å². The number of nitrogens with one attached hydrogen (secondary N) is 1. The van der Waals surface area contributed by atoms with Gasteiger partial charge in [-0.05, 0) is 26.0 Å². The van der Waals surface area contributed by atoms with Crippen LogP contribution in [0.15, 0.2) is 22.7 Å². The molecule has 7 heteroatoms. The first-order chi connectivity index (χ1) is 10.4. The lowest BCUT2D eigenvalue weighted by molar-refractivity contribution is -0.115. The zero-order valence-electron chi connectivity index (χ0n) is 12.5. The van der Waals surface area contributed by atoms with Crippen LogP contribution >= 0.6 is 0 Å². The summed E-state index contributed by atoms with van der Waals surface area (Å²) in [5.41, 5.74) is 1.91. The number of hydrogen-bond donors (Lipinski definition) is 2. The number of nitrogens with zero attached hydrogens (tertiary/aromatic N) is 1. The van der Waals surface area contributed by atoms with Crippen molar-refractivity contribution >= 4 is 17.6 Å². The minimum absolute atomic E-state index is 0.0335. The lowest BCUT2D eigenvalue weighted by Crippen LogP contribution is -2.15. The second-order valence-electron chi connectivity index (χ2n) is 4.75. The number of ether oxygens (including phenoxy) is 1. The fraction of sp³-hybridized carbons (Fsp3) is 0.267. The topological polar surface area (TPSA) is 102 Å². The van der Waals surface area contributed by atoms with Crippen LogP contribution in [0.2, 0.25) is 0 Å². The van der Waals surface area contributed by atoms with Crippen molar-refractivity contribution in [2.45, 2.75) is 20.3 Å². The molecule has 0 fully saturated rings. The van der Waals surface area contributed by atoms with Gasteiger partial charge in [0.25, 0.3) is 0 Å². The van der Waals surface area contributed by atoms with E-state index < -0.39 is 5.97 Å². The summed E-state index contributed by atoms with van der Waals surface area (Å²) >= 11 is 0. The second kappa shape index (κ2) is 6.30. The molecule has 2 N–H and O–H groups in total. The molecule has 0 saturated heterocycles. The smallest absolute Gasteiger partial charge is 0.339 e. The Morgan fingerprint density at radius 1 is 1.36 bits per heavy atom. The number of carboxylic acids is 1. The molecule has 1 amide bonds. The molecule has 0 saturated carbocycles. The van der Waals surface area contributed by atoms with Gasteiger partial charge in [-0.2, -0.15) is 0 Å². The Morgan fingerprint density at radius 3 is 2.64 bits per heavy atom. The summed E-state index contributed by atoms with van der Waals surface area (Å²) in [5.74, 6) is -0.556. The van der Waals surface area contributed by atoms with Gasteiger partial charge in [0.2, 0.25) is 5.91 Å². The molecular weight excluding hydrogens is 288 g/mol. The number of carboxylic acid groups (broad SMARTS) is 1. The Bertz CT molecular complexity index is 701. The van der Waals surface area contributed by atoms with Crippen LogP contribution < -0.4 is 10.1 Å². The number of aryl methyl sites for hydroxylation is 2. The maximum absolute atomic E-state index is 12.1. The van der Waals surface area contributed by atoms with E-state index in [1.165, 1.54) is 25.3 Å².